The van der Waals surface area contributed by atoms with Crippen LogP contribution >= 0.6 is 7.82 Å². The van der Waals surface area contributed by atoms with E-state index < -0.39 is 19.8 Å². The summed E-state index contributed by atoms with van der Waals surface area (Å²) in [6.45, 7) is 4.88. The fourth-order valence-electron chi connectivity index (χ4n) is 3.81. The van der Waals surface area contributed by atoms with Gasteiger partial charge < -0.3 is 15.2 Å². The zero-order valence-electron chi connectivity index (χ0n) is 22.2. The highest BCUT2D eigenvalue weighted by atomic mass is 31.2. The molecule has 9 heteroatoms. The van der Waals surface area contributed by atoms with Gasteiger partial charge in [-0.1, -0.05) is 104 Å². The van der Waals surface area contributed by atoms with Crippen LogP contribution in [0.15, 0.2) is 12.5 Å². The van der Waals surface area contributed by atoms with Crippen molar-refractivity contribution in [3.05, 3.63) is 18.2 Å². The standard InChI is InChI=1S/C26H50N3O5P/c1-3-5-7-9-11-13-15-17-19-32-35(31,33-20-18-16-14-12-10-8-6-4-2)34-26(30)25(27)21-24-22-28-23-29-24/h22-23,25H,3-21,27H2,1-2H3,(H,28,29)/t25-/m0/s1. The first-order chi connectivity index (χ1) is 17.0. The molecule has 0 radical (unpaired) electrons. The molecule has 0 fully saturated rings. The summed E-state index contributed by atoms with van der Waals surface area (Å²) < 4.78 is 29.4. The largest absolute Gasteiger partial charge is 0.532 e. The van der Waals surface area contributed by atoms with Crippen molar-refractivity contribution in [3.8, 4) is 0 Å². The number of imidazole rings is 1. The van der Waals surface area contributed by atoms with Crippen molar-refractivity contribution in [1.29, 1.82) is 0 Å². The molecule has 0 aliphatic heterocycles. The summed E-state index contributed by atoms with van der Waals surface area (Å²) in [4.78, 5) is 19.3. The molecule has 204 valence electrons. The highest BCUT2D eigenvalue weighted by Crippen LogP contribution is 2.50. The SMILES string of the molecule is CCCCCCCCCCOP(=O)(OCCCCCCCCCC)OC(=O)[C@@H](N)Cc1cnc[nH]1. The number of nitrogens with two attached hydrogens (primary N) is 1. The van der Waals surface area contributed by atoms with Crippen molar-refractivity contribution in [2.45, 2.75) is 129 Å². The molecular formula is C26H50N3O5P. The quantitative estimate of drug-likeness (QED) is 0.110. The lowest BCUT2D eigenvalue weighted by Gasteiger charge is -2.19. The van der Waals surface area contributed by atoms with E-state index >= 15 is 0 Å². The van der Waals surface area contributed by atoms with Crippen LogP contribution in [0.25, 0.3) is 0 Å². The number of carbonyl (C=O) groups excluding carboxylic acids is 1. The molecule has 0 saturated heterocycles. The van der Waals surface area contributed by atoms with E-state index in [1.165, 1.54) is 70.5 Å². The Morgan fingerprint density at radius 1 is 0.857 bits per heavy atom. The fourth-order valence-corrected chi connectivity index (χ4v) is 5.05. The maximum atomic E-state index is 13.2. The number of phosphoric ester groups is 1. The van der Waals surface area contributed by atoms with Crippen LogP contribution in [0.3, 0.4) is 0 Å². The number of carbonyl (C=O) groups is 1. The highest BCUT2D eigenvalue weighted by molar-refractivity contribution is 7.49. The number of H-pyrrole nitrogens is 1. The normalized spacial score (nSPS) is 12.7. The summed E-state index contributed by atoms with van der Waals surface area (Å²) in [5, 5.41) is 0. The van der Waals surface area contributed by atoms with Gasteiger partial charge in [0.2, 0.25) is 0 Å². The number of rotatable bonds is 24. The molecule has 0 unspecified atom stereocenters. The monoisotopic (exact) mass is 515 g/mol. The molecule has 1 aromatic rings. The molecule has 0 saturated carbocycles. The van der Waals surface area contributed by atoms with Crippen molar-refractivity contribution in [3.63, 3.8) is 0 Å². The van der Waals surface area contributed by atoms with E-state index in [0.29, 0.717) is 5.69 Å². The van der Waals surface area contributed by atoms with E-state index in [4.69, 9.17) is 19.3 Å². The van der Waals surface area contributed by atoms with Gasteiger partial charge in [-0.3, -0.25) is 9.05 Å². The molecule has 0 amide bonds. The summed E-state index contributed by atoms with van der Waals surface area (Å²) in [5.41, 5.74) is 6.65. The Kier molecular flexibility index (Phi) is 19.0. The number of aromatic nitrogens is 2. The van der Waals surface area contributed by atoms with E-state index in [0.717, 1.165) is 38.5 Å². The molecule has 1 atom stereocenters. The van der Waals surface area contributed by atoms with Crippen molar-refractivity contribution in [1.82, 2.24) is 9.97 Å². The first-order valence-corrected chi connectivity index (χ1v) is 15.3. The topological polar surface area (TPSA) is 117 Å². The lowest BCUT2D eigenvalue weighted by atomic mass is 10.1. The first-order valence-electron chi connectivity index (χ1n) is 13.9. The van der Waals surface area contributed by atoms with Gasteiger partial charge in [-0.15, -0.1) is 0 Å². The van der Waals surface area contributed by atoms with Gasteiger partial charge in [0.1, 0.15) is 6.04 Å². The summed E-state index contributed by atoms with van der Waals surface area (Å²) in [5.74, 6) is -0.796. The van der Waals surface area contributed by atoms with Crippen LogP contribution in [-0.4, -0.2) is 35.2 Å². The Hall–Kier alpha value is -1.21. The van der Waals surface area contributed by atoms with Crippen molar-refractivity contribution in [2.75, 3.05) is 13.2 Å². The number of hydrogen-bond donors (Lipinski definition) is 2. The fraction of sp³-hybridized carbons (Fsp3) is 0.846. The molecule has 0 aromatic carbocycles. The Bertz CT molecular complexity index is 646. The number of aromatic amines is 1. The molecule has 0 spiro atoms. The summed E-state index contributed by atoms with van der Waals surface area (Å²) in [6.07, 6.45) is 21.5. The second kappa shape index (κ2) is 20.9. The van der Waals surface area contributed by atoms with Crippen LogP contribution in [0.5, 0.6) is 0 Å². The van der Waals surface area contributed by atoms with Crippen molar-refractivity contribution >= 4 is 13.8 Å². The summed E-state index contributed by atoms with van der Waals surface area (Å²) in [6, 6.07) is -0.984. The lowest BCUT2D eigenvalue weighted by molar-refractivity contribution is -0.137. The average molecular weight is 516 g/mol. The number of unbranched alkanes of at least 4 members (excludes halogenated alkanes) is 14. The Labute approximate surface area is 213 Å². The molecule has 1 rings (SSSR count). The van der Waals surface area contributed by atoms with Crippen molar-refractivity contribution in [2.24, 2.45) is 5.73 Å². The van der Waals surface area contributed by atoms with Gasteiger partial charge in [0.25, 0.3) is 0 Å². The molecular weight excluding hydrogens is 465 g/mol. The Morgan fingerprint density at radius 3 is 1.74 bits per heavy atom. The van der Waals surface area contributed by atoms with Gasteiger partial charge >= 0.3 is 13.8 Å². The van der Waals surface area contributed by atoms with E-state index in [-0.39, 0.29) is 19.6 Å². The van der Waals surface area contributed by atoms with Crippen LogP contribution < -0.4 is 5.73 Å². The van der Waals surface area contributed by atoms with Crippen LogP contribution in [0.1, 0.15) is 122 Å². The molecule has 0 bridgehead atoms. The third-order valence-electron chi connectivity index (χ3n) is 5.99. The second-order valence-electron chi connectivity index (χ2n) is 9.36. The van der Waals surface area contributed by atoms with Gasteiger partial charge in [0.05, 0.1) is 19.5 Å². The molecule has 8 nitrogen and oxygen atoms in total. The van der Waals surface area contributed by atoms with Gasteiger partial charge in [0, 0.05) is 18.3 Å². The molecule has 35 heavy (non-hydrogen) atoms. The van der Waals surface area contributed by atoms with Gasteiger partial charge in [-0.25, -0.2) is 14.3 Å². The smallest absolute Gasteiger partial charge is 0.369 e. The predicted octanol–water partition coefficient (Wildman–Crippen LogP) is 7.25. The minimum absolute atomic E-state index is 0.203. The average Bonchev–Trinajstić information content (AvgIpc) is 3.35. The van der Waals surface area contributed by atoms with E-state index in [1.807, 2.05) is 0 Å². The highest BCUT2D eigenvalue weighted by Gasteiger charge is 2.33. The van der Waals surface area contributed by atoms with Crippen LogP contribution in [0.2, 0.25) is 0 Å². The molecule has 1 aromatic heterocycles. The third kappa shape index (κ3) is 17.0. The maximum absolute atomic E-state index is 13.2. The number of nitrogens with one attached hydrogen (secondary N) is 1. The van der Waals surface area contributed by atoms with Gasteiger partial charge in [-0.2, -0.15) is 0 Å². The van der Waals surface area contributed by atoms with Crippen molar-refractivity contribution < 1.29 is 22.9 Å². The zero-order chi connectivity index (χ0) is 25.6. The Morgan fingerprint density at radius 2 is 1.31 bits per heavy atom. The summed E-state index contributed by atoms with van der Waals surface area (Å²) in [7, 11) is -4.02. The lowest BCUT2D eigenvalue weighted by Crippen LogP contribution is -2.34. The second-order valence-corrected chi connectivity index (χ2v) is 11.0. The van der Waals surface area contributed by atoms with Crippen LogP contribution in [0, 0.1) is 0 Å². The van der Waals surface area contributed by atoms with Crippen LogP contribution in [-0.2, 0) is 29.4 Å². The third-order valence-corrected chi connectivity index (χ3v) is 7.39. The zero-order valence-corrected chi connectivity index (χ0v) is 23.1. The van der Waals surface area contributed by atoms with Crippen LogP contribution in [0.4, 0.5) is 0 Å². The number of nitrogens with zero attached hydrogens (tertiary/aromatic N) is 1. The van der Waals surface area contributed by atoms with Gasteiger partial charge in [0.15, 0.2) is 0 Å². The minimum Gasteiger partial charge on any atom is -0.369 e. The van der Waals surface area contributed by atoms with Gasteiger partial charge in [-0.05, 0) is 12.8 Å². The Balaban J connectivity index is 2.40. The molecule has 1 heterocycles. The molecule has 0 aliphatic rings. The minimum atomic E-state index is -4.02. The number of hydrogen-bond acceptors (Lipinski definition) is 7. The van der Waals surface area contributed by atoms with E-state index in [9.17, 15) is 9.36 Å². The summed E-state index contributed by atoms with van der Waals surface area (Å²) >= 11 is 0. The molecule has 0 aliphatic carbocycles. The maximum Gasteiger partial charge on any atom is 0.532 e. The van der Waals surface area contributed by atoms with E-state index in [1.54, 1.807) is 6.20 Å². The molecule has 3 N–H and O–H groups in total. The van der Waals surface area contributed by atoms with E-state index in [2.05, 4.69) is 23.8 Å². The first kappa shape index (κ1) is 31.8. The number of phosphoric acid groups is 1. The predicted molar refractivity (Wildman–Crippen MR) is 141 cm³/mol.